The Morgan fingerprint density at radius 2 is 0.667 bits per heavy atom. The summed E-state index contributed by atoms with van der Waals surface area (Å²) in [6, 6.07) is 0. The van der Waals surface area contributed by atoms with Gasteiger partial charge in [-0.3, -0.25) is 9.59 Å². The van der Waals surface area contributed by atoms with Crippen LogP contribution in [0.2, 0.25) is 0 Å². The van der Waals surface area contributed by atoms with Gasteiger partial charge in [0.05, 0.1) is 0 Å². The van der Waals surface area contributed by atoms with Crippen LogP contribution in [0.4, 0.5) is 0 Å². The molecule has 0 unspecified atom stereocenters. The Kier molecular flexibility index (Phi) is 17.9. The highest BCUT2D eigenvalue weighted by Gasteiger charge is 1.98. The number of hydrogen-bond acceptors (Lipinski definition) is 2. The number of unbranched alkanes of at least 4 members (excludes halogenated alkanes) is 11. The first kappa shape index (κ1) is 22.2. The fraction of sp³-hybridized carbons (Fsp3) is 0.875. The van der Waals surface area contributed by atoms with Crippen LogP contribution >= 0.6 is 0 Å². The van der Waals surface area contributed by atoms with Gasteiger partial charge in [-0.15, -0.1) is 0 Å². The van der Waals surface area contributed by atoms with Crippen molar-refractivity contribution in [2.24, 2.45) is 0 Å². The summed E-state index contributed by atoms with van der Waals surface area (Å²) < 4.78 is 0. The maximum Gasteiger partial charge on any atom is 0.303 e. The van der Waals surface area contributed by atoms with Gasteiger partial charge in [-0.1, -0.05) is 64.2 Å². The monoisotopic (exact) mass is 304 g/mol. The zero-order valence-corrected chi connectivity index (χ0v) is 13.1. The van der Waals surface area contributed by atoms with Gasteiger partial charge in [-0.05, 0) is 12.8 Å². The molecule has 4 N–H and O–H groups in total. The average molecular weight is 304 g/mol. The number of carbonyl (C=O) groups is 2. The van der Waals surface area contributed by atoms with Crippen molar-refractivity contribution in [1.29, 1.82) is 0 Å². The van der Waals surface area contributed by atoms with Gasteiger partial charge in [-0.25, -0.2) is 0 Å². The highest BCUT2D eigenvalue weighted by atomic mass is 16.4. The smallest absolute Gasteiger partial charge is 0.303 e. The van der Waals surface area contributed by atoms with Crippen molar-refractivity contribution in [3.05, 3.63) is 0 Å². The van der Waals surface area contributed by atoms with Crippen molar-refractivity contribution in [3.8, 4) is 0 Å². The van der Waals surface area contributed by atoms with Gasteiger partial charge >= 0.3 is 11.9 Å². The predicted octanol–water partition coefficient (Wildman–Crippen LogP) is 3.79. The number of hydrogen-bond donors (Lipinski definition) is 2. The van der Waals surface area contributed by atoms with E-state index >= 15 is 0 Å². The van der Waals surface area contributed by atoms with E-state index in [4.69, 9.17) is 10.2 Å². The van der Waals surface area contributed by atoms with E-state index in [1.54, 1.807) is 0 Å². The lowest BCUT2D eigenvalue weighted by atomic mass is 10.0. The number of aliphatic carboxylic acids is 2. The van der Waals surface area contributed by atoms with E-state index < -0.39 is 11.9 Å². The highest BCUT2D eigenvalue weighted by Crippen LogP contribution is 2.12. The van der Waals surface area contributed by atoms with Gasteiger partial charge in [0.25, 0.3) is 0 Å². The molecule has 0 aromatic carbocycles. The molecular weight excluding hydrogens is 272 g/mol. The van der Waals surface area contributed by atoms with Crippen LogP contribution in [0.25, 0.3) is 0 Å². The average Bonchev–Trinajstić information content (AvgIpc) is 2.38. The molecule has 21 heavy (non-hydrogen) atoms. The summed E-state index contributed by atoms with van der Waals surface area (Å²) in [5.41, 5.74) is 0. The van der Waals surface area contributed by atoms with Crippen LogP contribution in [0.15, 0.2) is 0 Å². The van der Waals surface area contributed by atoms with Crippen LogP contribution in [0.3, 0.4) is 0 Å². The van der Waals surface area contributed by atoms with Crippen LogP contribution in [0.5, 0.6) is 0 Å². The van der Waals surface area contributed by atoms with E-state index in [-0.39, 0.29) is 5.48 Å². The van der Waals surface area contributed by atoms with Crippen molar-refractivity contribution in [1.82, 2.24) is 0 Å². The van der Waals surface area contributed by atoms with E-state index in [1.807, 2.05) is 0 Å². The molecule has 0 saturated carbocycles. The lowest BCUT2D eigenvalue weighted by molar-refractivity contribution is -0.138. The second-order valence-electron chi connectivity index (χ2n) is 5.53. The van der Waals surface area contributed by atoms with Crippen molar-refractivity contribution >= 4 is 11.9 Å². The molecule has 0 atom stereocenters. The number of carboxylic acid groups (broad SMARTS) is 2. The molecular formula is C16H32O5. The molecule has 5 nitrogen and oxygen atoms in total. The molecule has 0 rings (SSSR count). The fourth-order valence-corrected chi connectivity index (χ4v) is 2.32. The van der Waals surface area contributed by atoms with Crippen molar-refractivity contribution in [2.45, 2.75) is 89.9 Å². The Bertz CT molecular complexity index is 227. The second kappa shape index (κ2) is 17.0. The van der Waals surface area contributed by atoms with Gasteiger partial charge in [0.15, 0.2) is 0 Å². The lowest BCUT2D eigenvalue weighted by Gasteiger charge is -2.02. The van der Waals surface area contributed by atoms with Crippen molar-refractivity contribution < 1.29 is 25.3 Å². The van der Waals surface area contributed by atoms with Gasteiger partial charge in [-0.2, -0.15) is 0 Å². The van der Waals surface area contributed by atoms with Crippen LogP contribution in [-0.4, -0.2) is 27.6 Å². The summed E-state index contributed by atoms with van der Waals surface area (Å²) >= 11 is 0. The Hall–Kier alpha value is -1.10. The fourth-order valence-electron chi connectivity index (χ4n) is 2.32. The van der Waals surface area contributed by atoms with Crippen LogP contribution in [0, 0.1) is 0 Å². The third-order valence-electron chi connectivity index (χ3n) is 3.53. The Morgan fingerprint density at radius 1 is 0.476 bits per heavy atom. The maximum absolute atomic E-state index is 10.3. The van der Waals surface area contributed by atoms with Crippen molar-refractivity contribution in [2.75, 3.05) is 0 Å². The first-order valence-electron chi connectivity index (χ1n) is 8.06. The molecule has 0 aromatic rings. The topological polar surface area (TPSA) is 106 Å². The molecule has 0 spiro atoms. The lowest BCUT2D eigenvalue weighted by Crippen LogP contribution is -1.93. The molecule has 0 fully saturated rings. The minimum atomic E-state index is -0.687. The summed E-state index contributed by atoms with van der Waals surface area (Å²) in [6.45, 7) is 0. The zero-order chi connectivity index (χ0) is 15.1. The van der Waals surface area contributed by atoms with E-state index in [0.717, 1.165) is 38.5 Å². The zero-order valence-electron chi connectivity index (χ0n) is 13.1. The molecule has 0 aromatic heterocycles. The Balaban J connectivity index is 0. The first-order valence-corrected chi connectivity index (χ1v) is 8.06. The quantitative estimate of drug-likeness (QED) is 0.449. The molecule has 0 saturated heterocycles. The third kappa shape index (κ3) is 21.4. The molecule has 0 heterocycles. The first-order chi connectivity index (χ1) is 9.63. The van der Waals surface area contributed by atoms with Crippen LogP contribution in [-0.2, 0) is 9.59 Å². The predicted molar refractivity (Wildman–Crippen MR) is 83.5 cm³/mol. The third-order valence-corrected chi connectivity index (χ3v) is 3.53. The van der Waals surface area contributed by atoms with E-state index in [0.29, 0.717) is 12.8 Å². The van der Waals surface area contributed by atoms with Gasteiger partial charge in [0.1, 0.15) is 0 Å². The largest absolute Gasteiger partial charge is 0.481 e. The summed E-state index contributed by atoms with van der Waals surface area (Å²) in [6.07, 6.45) is 14.1. The summed E-state index contributed by atoms with van der Waals surface area (Å²) in [5.74, 6) is -1.37. The van der Waals surface area contributed by atoms with Crippen LogP contribution in [0.1, 0.15) is 89.9 Å². The minimum Gasteiger partial charge on any atom is -0.481 e. The van der Waals surface area contributed by atoms with Crippen LogP contribution < -0.4 is 0 Å². The van der Waals surface area contributed by atoms with Gasteiger partial charge < -0.3 is 15.7 Å². The van der Waals surface area contributed by atoms with Crippen molar-refractivity contribution in [3.63, 3.8) is 0 Å². The normalized spacial score (nSPS) is 10.1. The second-order valence-corrected chi connectivity index (χ2v) is 5.53. The van der Waals surface area contributed by atoms with Gasteiger partial charge in [0, 0.05) is 12.8 Å². The molecule has 0 bridgehead atoms. The molecule has 0 radical (unpaired) electrons. The van der Waals surface area contributed by atoms with E-state index in [1.165, 1.54) is 38.5 Å². The maximum atomic E-state index is 10.3. The summed E-state index contributed by atoms with van der Waals surface area (Å²) in [4.78, 5) is 20.6. The molecule has 0 aliphatic carbocycles. The molecule has 0 aliphatic rings. The molecule has 0 amide bonds. The highest BCUT2D eigenvalue weighted by molar-refractivity contribution is 5.66. The Labute approximate surface area is 128 Å². The molecule has 5 heteroatoms. The van der Waals surface area contributed by atoms with E-state index in [2.05, 4.69) is 0 Å². The Morgan fingerprint density at radius 3 is 0.857 bits per heavy atom. The molecule has 126 valence electrons. The minimum absolute atomic E-state index is 0. The SMILES string of the molecule is O.O=C(O)CCCCCCCCCCCCCCC(=O)O. The standard InChI is InChI=1S/C16H30O4.H2O/c17-15(18)13-11-9-7-5-3-1-2-4-6-8-10-12-14-16(19)20;/h1-14H2,(H,17,18)(H,19,20);1H2. The summed E-state index contributed by atoms with van der Waals surface area (Å²) in [5, 5.41) is 17.0. The molecule has 0 aliphatic heterocycles. The van der Waals surface area contributed by atoms with Gasteiger partial charge in [0.2, 0.25) is 0 Å². The van der Waals surface area contributed by atoms with E-state index in [9.17, 15) is 9.59 Å². The number of rotatable bonds is 15. The number of carboxylic acids is 2. The summed E-state index contributed by atoms with van der Waals surface area (Å²) in [7, 11) is 0.